The summed E-state index contributed by atoms with van der Waals surface area (Å²) in [5.74, 6) is 1.57. The Labute approximate surface area is 196 Å². The Hall–Kier alpha value is -3.35. The molecule has 5 rings (SSSR count). The summed E-state index contributed by atoms with van der Waals surface area (Å²) in [6.07, 6.45) is 3.94. The van der Waals surface area contributed by atoms with Crippen LogP contribution in [0.1, 0.15) is 65.9 Å². The number of rotatable bonds is 4. The third-order valence-electron chi connectivity index (χ3n) is 5.96. The van der Waals surface area contributed by atoms with Gasteiger partial charge in [0, 0.05) is 5.56 Å². The Balaban J connectivity index is 0.000000728. The molecule has 3 aromatic rings. The molecular weight excluding hydrogens is 412 g/mol. The van der Waals surface area contributed by atoms with Gasteiger partial charge in [-0.2, -0.15) is 5.21 Å². The predicted molar refractivity (Wildman–Crippen MR) is 133 cm³/mol. The van der Waals surface area contributed by atoms with Crippen LogP contribution in [0.25, 0.3) is 22.5 Å². The summed E-state index contributed by atoms with van der Waals surface area (Å²) in [6, 6.07) is 16.3. The Bertz CT molecular complexity index is 1070. The number of aromatic amines is 1. The zero-order valence-corrected chi connectivity index (χ0v) is 20.3. The number of tetrazole rings is 1. The maximum atomic E-state index is 13.0. The first-order chi connectivity index (χ1) is 16.2. The summed E-state index contributed by atoms with van der Waals surface area (Å²) in [6.45, 7) is 10.5. The molecule has 1 fully saturated rings. The van der Waals surface area contributed by atoms with Gasteiger partial charge in [0.05, 0.1) is 6.54 Å². The van der Waals surface area contributed by atoms with Gasteiger partial charge in [0.2, 0.25) is 5.82 Å². The highest BCUT2D eigenvalue weighted by atomic mass is 16.2. The number of aliphatic imine (C=N–C) groups is 1. The number of hydrogen-bond acceptors (Lipinski definition) is 5. The predicted octanol–water partition coefficient (Wildman–Crippen LogP) is 5.66. The standard InChI is InChI=1S/C22H22N6O.2C2H6/c1-15-23-22(12-4-5-13-22)21(29)28(15)14-16-8-10-17(11-9-16)18-6-2-3-7-19(18)20-24-26-27-25-20;2*1-2/h2-3,6-11H,4-5,12-14H2,1H3,(H,24,25,26,27);2*1-2H3. The first kappa shape index (κ1) is 24.3. The number of nitrogens with one attached hydrogen (secondary N) is 1. The van der Waals surface area contributed by atoms with Gasteiger partial charge in [0.25, 0.3) is 5.91 Å². The van der Waals surface area contributed by atoms with E-state index in [0.717, 1.165) is 53.8 Å². The fraction of sp³-hybridized carbons (Fsp3) is 0.423. The molecule has 0 unspecified atom stereocenters. The van der Waals surface area contributed by atoms with Gasteiger partial charge in [0.15, 0.2) is 0 Å². The monoisotopic (exact) mass is 446 g/mol. The van der Waals surface area contributed by atoms with Crippen molar-refractivity contribution in [2.45, 2.75) is 72.4 Å². The van der Waals surface area contributed by atoms with Crippen LogP contribution in [0.5, 0.6) is 0 Å². The molecule has 1 saturated carbocycles. The molecule has 1 aliphatic heterocycles. The quantitative estimate of drug-likeness (QED) is 0.560. The van der Waals surface area contributed by atoms with Crippen molar-refractivity contribution in [2.24, 2.45) is 4.99 Å². The number of carbonyl (C=O) groups excluding carboxylic acids is 1. The fourth-order valence-corrected chi connectivity index (χ4v) is 4.47. The highest BCUT2D eigenvalue weighted by Crippen LogP contribution is 2.39. The highest BCUT2D eigenvalue weighted by molar-refractivity contribution is 6.07. The second kappa shape index (κ2) is 11.0. The van der Waals surface area contributed by atoms with Crippen molar-refractivity contribution >= 4 is 11.7 Å². The molecule has 0 saturated heterocycles. The molecule has 2 aromatic carbocycles. The van der Waals surface area contributed by atoms with E-state index in [9.17, 15) is 4.79 Å². The SMILES string of the molecule is CC.CC.CC1=NC2(CCCC2)C(=O)N1Cc1ccc(-c2ccccc2-c2nn[nH]n2)cc1. The largest absolute Gasteiger partial charge is 0.294 e. The molecule has 0 atom stereocenters. The summed E-state index contributed by atoms with van der Waals surface area (Å²) >= 11 is 0. The number of benzene rings is 2. The lowest BCUT2D eigenvalue weighted by molar-refractivity contribution is -0.131. The summed E-state index contributed by atoms with van der Waals surface area (Å²) in [7, 11) is 0. The van der Waals surface area contributed by atoms with E-state index in [0.29, 0.717) is 12.4 Å². The first-order valence-electron chi connectivity index (χ1n) is 12.0. The number of amides is 1. The number of aromatic nitrogens is 4. The minimum atomic E-state index is -0.479. The van der Waals surface area contributed by atoms with Gasteiger partial charge in [-0.15, -0.1) is 10.2 Å². The van der Waals surface area contributed by atoms with Crippen LogP contribution in [-0.4, -0.2) is 42.8 Å². The van der Waals surface area contributed by atoms with Crippen molar-refractivity contribution in [1.82, 2.24) is 25.5 Å². The van der Waals surface area contributed by atoms with Gasteiger partial charge >= 0.3 is 0 Å². The molecular formula is C26H34N6O. The number of hydrogen-bond donors (Lipinski definition) is 1. The van der Waals surface area contributed by atoms with Crippen LogP contribution in [0.15, 0.2) is 53.5 Å². The van der Waals surface area contributed by atoms with Crippen LogP contribution in [0, 0.1) is 0 Å². The Kier molecular flexibility index (Phi) is 8.09. The smallest absolute Gasteiger partial charge is 0.256 e. The van der Waals surface area contributed by atoms with E-state index in [-0.39, 0.29) is 5.91 Å². The van der Waals surface area contributed by atoms with Crippen LogP contribution in [-0.2, 0) is 11.3 Å². The van der Waals surface area contributed by atoms with Crippen molar-refractivity contribution in [3.63, 3.8) is 0 Å². The lowest BCUT2D eigenvalue weighted by Gasteiger charge is -2.22. The molecule has 33 heavy (non-hydrogen) atoms. The molecule has 1 aromatic heterocycles. The normalized spacial score (nSPS) is 16.1. The average Bonchev–Trinajstić information content (AvgIpc) is 3.62. The van der Waals surface area contributed by atoms with E-state index in [1.165, 1.54) is 0 Å². The van der Waals surface area contributed by atoms with E-state index in [1.54, 1.807) is 0 Å². The van der Waals surface area contributed by atoms with E-state index in [2.05, 4.69) is 44.9 Å². The van der Waals surface area contributed by atoms with Crippen molar-refractivity contribution < 1.29 is 4.79 Å². The van der Waals surface area contributed by atoms with Crippen molar-refractivity contribution in [2.75, 3.05) is 0 Å². The topological polar surface area (TPSA) is 87.1 Å². The van der Waals surface area contributed by atoms with E-state index in [4.69, 9.17) is 4.99 Å². The van der Waals surface area contributed by atoms with Crippen LogP contribution >= 0.6 is 0 Å². The molecule has 7 heteroatoms. The molecule has 2 heterocycles. The van der Waals surface area contributed by atoms with E-state index in [1.807, 2.05) is 63.8 Å². The van der Waals surface area contributed by atoms with Crippen LogP contribution in [0.2, 0.25) is 0 Å². The lowest BCUT2D eigenvalue weighted by Crippen LogP contribution is -2.40. The summed E-state index contributed by atoms with van der Waals surface area (Å²) in [4.78, 5) is 19.6. The number of nitrogens with zero attached hydrogens (tertiary/aromatic N) is 5. The maximum absolute atomic E-state index is 13.0. The van der Waals surface area contributed by atoms with Gasteiger partial charge in [-0.25, -0.2) is 0 Å². The first-order valence-corrected chi connectivity index (χ1v) is 12.0. The molecule has 7 nitrogen and oxygen atoms in total. The molecule has 1 spiro atoms. The second-order valence-electron chi connectivity index (χ2n) is 7.77. The van der Waals surface area contributed by atoms with Gasteiger partial charge in [-0.05, 0) is 41.7 Å². The van der Waals surface area contributed by atoms with Gasteiger partial charge in [-0.3, -0.25) is 14.7 Å². The molecule has 0 radical (unpaired) electrons. The summed E-state index contributed by atoms with van der Waals surface area (Å²) in [5.41, 5.74) is 3.65. The molecule has 1 amide bonds. The molecule has 174 valence electrons. The summed E-state index contributed by atoms with van der Waals surface area (Å²) < 4.78 is 0. The van der Waals surface area contributed by atoms with E-state index < -0.39 is 5.54 Å². The highest BCUT2D eigenvalue weighted by Gasteiger charge is 2.48. The molecule has 1 N–H and O–H groups in total. The average molecular weight is 447 g/mol. The summed E-state index contributed by atoms with van der Waals surface area (Å²) in [5, 5.41) is 14.4. The third kappa shape index (κ3) is 4.87. The lowest BCUT2D eigenvalue weighted by atomic mass is 9.97. The zero-order chi connectivity index (χ0) is 23.8. The minimum Gasteiger partial charge on any atom is -0.294 e. The van der Waals surface area contributed by atoms with Crippen LogP contribution < -0.4 is 0 Å². The van der Waals surface area contributed by atoms with Gasteiger partial charge in [-0.1, -0.05) is 89.1 Å². The Morgan fingerprint density at radius 1 is 0.939 bits per heavy atom. The van der Waals surface area contributed by atoms with Crippen LogP contribution in [0.3, 0.4) is 0 Å². The van der Waals surface area contributed by atoms with Gasteiger partial charge in [0.1, 0.15) is 11.4 Å². The molecule has 2 aliphatic rings. The van der Waals surface area contributed by atoms with Crippen molar-refractivity contribution in [3.8, 4) is 22.5 Å². The fourth-order valence-electron chi connectivity index (χ4n) is 4.47. The minimum absolute atomic E-state index is 0.166. The Morgan fingerprint density at radius 3 is 2.18 bits per heavy atom. The zero-order valence-electron chi connectivity index (χ0n) is 20.3. The number of H-pyrrole nitrogens is 1. The number of carbonyl (C=O) groups is 1. The van der Waals surface area contributed by atoms with Gasteiger partial charge < -0.3 is 0 Å². The van der Waals surface area contributed by atoms with Crippen LogP contribution in [0.4, 0.5) is 0 Å². The van der Waals surface area contributed by atoms with Crippen molar-refractivity contribution in [3.05, 3.63) is 54.1 Å². The third-order valence-corrected chi connectivity index (χ3v) is 5.96. The second-order valence-corrected chi connectivity index (χ2v) is 7.77. The van der Waals surface area contributed by atoms with E-state index >= 15 is 0 Å². The molecule has 0 bridgehead atoms. The Morgan fingerprint density at radius 2 is 1.58 bits per heavy atom. The van der Waals surface area contributed by atoms with Crippen molar-refractivity contribution in [1.29, 1.82) is 0 Å². The molecule has 1 aliphatic carbocycles. The number of amidine groups is 1. The maximum Gasteiger partial charge on any atom is 0.256 e.